The molecule has 0 aromatic heterocycles. The van der Waals surface area contributed by atoms with Gasteiger partial charge in [0.05, 0.1) is 10.6 Å². The second-order valence-corrected chi connectivity index (χ2v) is 11.7. The van der Waals surface area contributed by atoms with Crippen LogP contribution >= 0.6 is 0 Å². The molecule has 10 heteroatoms. The van der Waals surface area contributed by atoms with E-state index in [9.17, 15) is 22.4 Å². The number of para-hydroxylation sites is 1. The Morgan fingerprint density at radius 1 is 0.837 bits per heavy atom. The molecule has 0 saturated heterocycles. The van der Waals surface area contributed by atoms with Gasteiger partial charge in [-0.1, -0.05) is 61.5 Å². The summed E-state index contributed by atoms with van der Waals surface area (Å²) in [5.74, 6) is -0.554. The summed E-state index contributed by atoms with van der Waals surface area (Å²) in [6.07, 6.45) is 0.687. The maximum atomic E-state index is 14.7. The zero-order valence-corrected chi connectivity index (χ0v) is 24.8. The molecule has 0 heterocycles. The van der Waals surface area contributed by atoms with Gasteiger partial charge in [0.2, 0.25) is 11.8 Å². The minimum absolute atomic E-state index is 0.0122. The molecule has 0 bridgehead atoms. The van der Waals surface area contributed by atoms with Crippen LogP contribution in [0.2, 0.25) is 0 Å². The number of halogens is 1. The van der Waals surface area contributed by atoms with Gasteiger partial charge in [-0.2, -0.15) is 0 Å². The molecule has 0 spiro atoms. The number of benzene rings is 4. The van der Waals surface area contributed by atoms with Gasteiger partial charge in [-0.3, -0.25) is 13.9 Å². The van der Waals surface area contributed by atoms with Crippen LogP contribution in [0.4, 0.5) is 10.1 Å². The molecule has 0 saturated carbocycles. The number of hydrogen-bond donors (Lipinski definition) is 1. The van der Waals surface area contributed by atoms with E-state index in [2.05, 4.69) is 5.32 Å². The van der Waals surface area contributed by atoms with Gasteiger partial charge in [-0.05, 0) is 67.9 Å². The lowest BCUT2D eigenvalue weighted by Gasteiger charge is -2.32. The van der Waals surface area contributed by atoms with Gasteiger partial charge < -0.3 is 15.0 Å². The maximum Gasteiger partial charge on any atom is 0.264 e. The summed E-state index contributed by atoms with van der Waals surface area (Å²) in [6, 6.07) is 28.1. The SMILES string of the molecule is CCCNC(=O)[C@H](C)N(Cc1ccccc1F)C(=O)CN(c1ccc(Oc2ccccc2)cc1)S(=O)(=O)c1ccccc1. The van der Waals surface area contributed by atoms with E-state index in [0.29, 0.717) is 24.5 Å². The fourth-order valence-electron chi connectivity index (χ4n) is 4.34. The molecule has 2 amide bonds. The third-order valence-corrected chi connectivity index (χ3v) is 8.52. The van der Waals surface area contributed by atoms with Crippen molar-refractivity contribution in [1.29, 1.82) is 0 Å². The first-order valence-electron chi connectivity index (χ1n) is 13.9. The van der Waals surface area contributed by atoms with Crippen molar-refractivity contribution in [1.82, 2.24) is 10.2 Å². The quantitative estimate of drug-likeness (QED) is 0.210. The van der Waals surface area contributed by atoms with E-state index >= 15 is 0 Å². The molecule has 8 nitrogen and oxygen atoms in total. The molecule has 4 rings (SSSR count). The maximum absolute atomic E-state index is 14.7. The Morgan fingerprint density at radius 2 is 1.42 bits per heavy atom. The van der Waals surface area contributed by atoms with Crippen LogP contribution in [0.25, 0.3) is 0 Å². The molecule has 0 aliphatic heterocycles. The van der Waals surface area contributed by atoms with Gasteiger partial charge in [-0.25, -0.2) is 12.8 Å². The lowest BCUT2D eigenvalue weighted by Crippen LogP contribution is -2.51. The monoisotopic (exact) mass is 603 g/mol. The number of nitrogens with one attached hydrogen (secondary N) is 1. The first kappa shape index (κ1) is 31.2. The smallest absolute Gasteiger partial charge is 0.264 e. The van der Waals surface area contributed by atoms with Crippen LogP contribution in [-0.4, -0.2) is 44.3 Å². The van der Waals surface area contributed by atoms with Crippen LogP contribution < -0.4 is 14.4 Å². The highest BCUT2D eigenvalue weighted by Crippen LogP contribution is 2.28. The Balaban J connectivity index is 1.69. The van der Waals surface area contributed by atoms with Crippen LogP contribution in [-0.2, 0) is 26.2 Å². The standard InChI is InChI=1S/C33H34FN3O5S/c1-3-22-35-33(39)25(2)36(23-26-12-10-11-17-31(26)34)32(38)24-37(43(40,41)30-15-8-5-9-16-30)27-18-20-29(21-19-27)42-28-13-6-4-7-14-28/h4-21,25H,3,22-24H2,1-2H3,(H,35,39)/t25-/m0/s1. The number of carbonyl (C=O) groups is 2. The topological polar surface area (TPSA) is 96.0 Å². The lowest BCUT2D eigenvalue weighted by atomic mass is 10.1. The van der Waals surface area contributed by atoms with Gasteiger partial charge in [-0.15, -0.1) is 0 Å². The number of hydrogen-bond acceptors (Lipinski definition) is 5. The van der Waals surface area contributed by atoms with Crippen LogP contribution in [0.1, 0.15) is 25.8 Å². The number of anilines is 1. The first-order chi connectivity index (χ1) is 20.7. The molecule has 0 unspecified atom stereocenters. The molecule has 0 aliphatic rings. The highest BCUT2D eigenvalue weighted by atomic mass is 32.2. The second-order valence-electron chi connectivity index (χ2n) is 9.81. The molecule has 224 valence electrons. The zero-order chi connectivity index (χ0) is 30.8. The van der Waals surface area contributed by atoms with Crippen molar-refractivity contribution in [3.05, 3.63) is 121 Å². The predicted octanol–water partition coefficient (Wildman–Crippen LogP) is 5.76. The van der Waals surface area contributed by atoms with Crippen molar-refractivity contribution in [2.24, 2.45) is 0 Å². The Labute approximate surface area is 251 Å². The molecule has 0 aliphatic carbocycles. The Bertz CT molecular complexity index is 1620. The van der Waals surface area contributed by atoms with Crippen LogP contribution in [0.3, 0.4) is 0 Å². The molecule has 0 fully saturated rings. The number of nitrogens with zero attached hydrogens (tertiary/aromatic N) is 2. The number of amides is 2. The first-order valence-corrected chi connectivity index (χ1v) is 15.4. The van der Waals surface area contributed by atoms with E-state index in [1.807, 2.05) is 25.1 Å². The van der Waals surface area contributed by atoms with Crippen molar-refractivity contribution in [2.45, 2.75) is 37.8 Å². The summed E-state index contributed by atoms with van der Waals surface area (Å²) >= 11 is 0. The summed E-state index contributed by atoms with van der Waals surface area (Å²) < 4.78 is 49.3. The average Bonchev–Trinajstić information content (AvgIpc) is 3.03. The number of carbonyl (C=O) groups excluding carboxylic acids is 2. The van der Waals surface area contributed by atoms with E-state index in [4.69, 9.17) is 4.74 Å². The molecular weight excluding hydrogens is 569 g/mol. The van der Waals surface area contributed by atoms with Gasteiger partial charge in [0, 0.05) is 18.7 Å². The van der Waals surface area contributed by atoms with Crippen LogP contribution in [0, 0.1) is 5.82 Å². The molecule has 4 aromatic carbocycles. The summed E-state index contributed by atoms with van der Waals surface area (Å²) in [7, 11) is -4.23. The summed E-state index contributed by atoms with van der Waals surface area (Å²) in [6.45, 7) is 2.98. The summed E-state index contributed by atoms with van der Waals surface area (Å²) in [5, 5.41) is 2.76. The van der Waals surface area contributed by atoms with E-state index in [1.54, 1.807) is 60.7 Å². The third kappa shape index (κ3) is 7.98. The molecule has 1 atom stereocenters. The highest BCUT2D eigenvalue weighted by molar-refractivity contribution is 7.92. The van der Waals surface area contributed by atoms with Crippen molar-refractivity contribution in [2.75, 3.05) is 17.4 Å². The normalized spacial score (nSPS) is 11.8. The minimum Gasteiger partial charge on any atom is -0.457 e. The predicted molar refractivity (Wildman–Crippen MR) is 164 cm³/mol. The molecule has 43 heavy (non-hydrogen) atoms. The van der Waals surface area contributed by atoms with E-state index in [0.717, 1.165) is 4.31 Å². The van der Waals surface area contributed by atoms with Crippen LogP contribution in [0.15, 0.2) is 114 Å². The average molecular weight is 604 g/mol. The summed E-state index contributed by atoms with van der Waals surface area (Å²) in [4.78, 5) is 28.1. The van der Waals surface area contributed by atoms with Crippen molar-refractivity contribution < 1.29 is 27.1 Å². The molecule has 1 N–H and O–H groups in total. The molecular formula is C33H34FN3O5S. The Kier molecular flexibility index (Phi) is 10.5. The number of sulfonamides is 1. The molecule has 0 radical (unpaired) electrons. The fourth-order valence-corrected chi connectivity index (χ4v) is 5.78. The van der Waals surface area contributed by atoms with E-state index in [-0.39, 0.29) is 22.7 Å². The lowest BCUT2D eigenvalue weighted by molar-refractivity contribution is -0.139. The Hall–Kier alpha value is -4.70. The van der Waals surface area contributed by atoms with Crippen LogP contribution in [0.5, 0.6) is 11.5 Å². The van der Waals surface area contributed by atoms with Gasteiger partial charge in [0.15, 0.2) is 0 Å². The van der Waals surface area contributed by atoms with Crippen molar-refractivity contribution >= 4 is 27.5 Å². The van der Waals surface area contributed by atoms with Gasteiger partial charge in [0.25, 0.3) is 10.0 Å². The highest BCUT2D eigenvalue weighted by Gasteiger charge is 2.32. The summed E-state index contributed by atoms with van der Waals surface area (Å²) in [5.41, 5.74) is 0.414. The minimum atomic E-state index is -4.23. The number of rotatable bonds is 13. The van der Waals surface area contributed by atoms with Crippen molar-refractivity contribution in [3.63, 3.8) is 0 Å². The second kappa shape index (κ2) is 14.5. The zero-order valence-electron chi connectivity index (χ0n) is 24.0. The number of ether oxygens (including phenoxy) is 1. The van der Waals surface area contributed by atoms with Crippen molar-refractivity contribution in [3.8, 4) is 11.5 Å². The van der Waals surface area contributed by atoms with Gasteiger partial charge in [0.1, 0.15) is 29.9 Å². The van der Waals surface area contributed by atoms with E-state index < -0.39 is 40.2 Å². The van der Waals surface area contributed by atoms with Gasteiger partial charge >= 0.3 is 0 Å². The van der Waals surface area contributed by atoms with E-state index in [1.165, 1.54) is 42.2 Å². The fraction of sp³-hybridized carbons (Fsp3) is 0.212. The third-order valence-electron chi connectivity index (χ3n) is 6.73. The Morgan fingerprint density at radius 3 is 2.05 bits per heavy atom. The molecule has 4 aromatic rings. The largest absolute Gasteiger partial charge is 0.457 e.